The van der Waals surface area contributed by atoms with Crippen molar-refractivity contribution in [3.63, 3.8) is 0 Å². The number of pyridine rings is 1. The first kappa shape index (κ1) is 15.0. The van der Waals surface area contributed by atoms with Gasteiger partial charge in [0.1, 0.15) is 5.82 Å². The molecule has 1 aromatic carbocycles. The number of cyclic esters (lactones) is 1. The van der Waals surface area contributed by atoms with Crippen molar-refractivity contribution in [1.82, 2.24) is 4.98 Å². The van der Waals surface area contributed by atoms with Crippen LogP contribution in [0.25, 0.3) is 0 Å². The Morgan fingerprint density at radius 3 is 2.74 bits per heavy atom. The number of ether oxygens (including phenoxy) is 1. The van der Waals surface area contributed by atoms with Crippen molar-refractivity contribution in [3.8, 4) is 0 Å². The number of benzene rings is 1. The van der Waals surface area contributed by atoms with Gasteiger partial charge in [0.15, 0.2) is 6.10 Å². The number of amides is 1. The molecule has 0 saturated heterocycles. The summed E-state index contributed by atoms with van der Waals surface area (Å²) < 4.78 is 5.23. The van der Waals surface area contributed by atoms with Crippen LogP contribution in [-0.4, -0.2) is 37.1 Å². The van der Waals surface area contributed by atoms with Gasteiger partial charge in [-0.2, -0.15) is 0 Å². The van der Waals surface area contributed by atoms with Gasteiger partial charge in [0.25, 0.3) is 5.91 Å². The van der Waals surface area contributed by atoms with E-state index in [1.165, 1.54) is 0 Å². The topological polar surface area (TPSA) is 71.5 Å². The van der Waals surface area contributed by atoms with Gasteiger partial charge in [-0.25, -0.2) is 9.78 Å². The molecule has 0 radical (unpaired) electrons. The molecular formula is C17H17N3O3. The highest BCUT2D eigenvalue weighted by molar-refractivity contribution is 6.00. The van der Waals surface area contributed by atoms with Crippen molar-refractivity contribution >= 4 is 23.4 Å². The number of rotatable bonds is 3. The zero-order chi connectivity index (χ0) is 16.4. The maximum absolute atomic E-state index is 12.3. The number of carbonyl (C=O) groups excluding carboxylic acids is 2. The lowest BCUT2D eigenvalue weighted by Gasteiger charge is -2.23. The molecule has 1 aliphatic rings. The van der Waals surface area contributed by atoms with Gasteiger partial charge in [-0.3, -0.25) is 4.79 Å². The lowest BCUT2D eigenvalue weighted by Crippen LogP contribution is -2.38. The second kappa shape index (κ2) is 6.08. The van der Waals surface area contributed by atoms with Crippen LogP contribution in [0.1, 0.15) is 15.9 Å². The minimum atomic E-state index is -0.828. The van der Waals surface area contributed by atoms with E-state index in [1.54, 1.807) is 30.5 Å². The Labute approximate surface area is 134 Å². The highest BCUT2D eigenvalue weighted by atomic mass is 16.5. The average molecular weight is 311 g/mol. The number of nitrogens with zero attached hydrogens (tertiary/aromatic N) is 2. The summed E-state index contributed by atoms with van der Waals surface area (Å²) in [5.74, 6) is -0.0265. The summed E-state index contributed by atoms with van der Waals surface area (Å²) >= 11 is 0. The van der Waals surface area contributed by atoms with Gasteiger partial charge in [0, 0.05) is 20.5 Å². The fourth-order valence-corrected chi connectivity index (χ4v) is 2.43. The third kappa shape index (κ3) is 3.15. The monoisotopic (exact) mass is 311 g/mol. The number of carbonyl (C=O) groups is 2. The lowest BCUT2D eigenvalue weighted by molar-refractivity contribution is -0.125. The zero-order valence-corrected chi connectivity index (χ0v) is 12.9. The van der Waals surface area contributed by atoms with E-state index in [0.29, 0.717) is 17.7 Å². The number of fused-ring (bicyclic) bond motifs is 1. The van der Waals surface area contributed by atoms with Crippen molar-refractivity contribution in [2.24, 2.45) is 0 Å². The molecule has 1 aromatic heterocycles. The predicted molar refractivity (Wildman–Crippen MR) is 86.5 cm³/mol. The number of aromatic nitrogens is 1. The van der Waals surface area contributed by atoms with Crippen LogP contribution in [0.2, 0.25) is 0 Å². The van der Waals surface area contributed by atoms with Crippen LogP contribution in [0.4, 0.5) is 11.5 Å². The molecule has 3 rings (SSSR count). The van der Waals surface area contributed by atoms with Crippen molar-refractivity contribution in [3.05, 3.63) is 53.7 Å². The Hall–Kier alpha value is -2.89. The average Bonchev–Trinajstić information content (AvgIpc) is 2.55. The standard InChI is InChI=1S/C17H17N3O3/c1-20(2)15-8-7-12(10-18-15)19-16(21)14-9-11-5-3-4-6-13(11)17(22)23-14/h3-8,10,14H,9H2,1-2H3,(H,19,21). The molecule has 0 saturated carbocycles. The van der Waals surface area contributed by atoms with Crippen LogP contribution < -0.4 is 10.2 Å². The van der Waals surface area contributed by atoms with Crippen LogP contribution >= 0.6 is 0 Å². The summed E-state index contributed by atoms with van der Waals surface area (Å²) in [6.07, 6.45) is 1.12. The molecule has 1 aliphatic heterocycles. The number of hydrogen-bond donors (Lipinski definition) is 1. The zero-order valence-electron chi connectivity index (χ0n) is 12.9. The first-order valence-electron chi connectivity index (χ1n) is 7.28. The summed E-state index contributed by atoms with van der Waals surface area (Å²) in [6.45, 7) is 0. The molecule has 6 nitrogen and oxygen atoms in total. The second-order valence-electron chi connectivity index (χ2n) is 5.54. The molecule has 2 aromatic rings. The van der Waals surface area contributed by atoms with E-state index in [1.807, 2.05) is 31.1 Å². The van der Waals surface area contributed by atoms with E-state index in [0.717, 1.165) is 11.4 Å². The molecule has 1 amide bonds. The maximum atomic E-state index is 12.3. The lowest BCUT2D eigenvalue weighted by atomic mass is 9.98. The smallest absolute Gasteiger partial charge is 0.339 e. The SMILES string of the molecule is CN(C)c1ccc(NC(=O)C2Cc3ccccc3C(=O)O2)cn1. The van der Waals surface area contributed by atoms with Crippen LogP contribution in [0.15, 0.2) is 42.6 Å². The summed E-state index contributed by atoms with van der Waals surface area (Å²) in [7, 11) is 3.78. The molecule has 0 aliphatic carbocycles. The van der Waals surface area contributed by atoms with Gasteiger partial charge in [0.05, 0.1) is 17.4 Å². The third-order valence-electron chi connectivity index (χ3n) is 3.66. The number of hydrogen-bond acceptors (Lipinski definition) is 5. The molecule has 6 heteroatoms. The maximum Gasteiger partial charge on any atom is 0.339 e. The molecular weight excluding hydrogens is 294 g/mol. The van der Waals surface area contributed by atoms with E-state index >= 15 is 0 Å². The fourth-order valence-electron chi connectivity index (χ4n) is 2.43. The van der Waals surface area contributed by atoms with E-state index in [2.05, 4.69) is 10.3 Å². The van der Waals surface area contributed by atoms with Crippen molar-refractivity contribution in [2.45, 2.75) is 12.5 Å². The molecule has 1 unspecified atom stereocenters. The first-order chi connectivity index (χ1) is 11.0. The van der Waals surface area contributed by atoms with Gasteiger partial charge in [0.2, 0.25) is 0 Å². The molecule has 0 fully saturated rings. The van der Waals surface area contributed by atoms with Crippen LogP contribution in [-0.2, 0) is 16.0 Å². The highest BCUT2D eigenvalue weighted by Crippen LogP contribution is 2.21. The largest absolute Gasteiger partial charge is 0.448 e. The van der Waals surface area contributed by atoms with Gasteiger partial charge in [-0.1, -0.05) is 18.2 Å². The Bertz CT molecular complexity index is 741. The molecule has 118 valence electrons. The summed E-state index contributed by atoms with van der Waals surface area (Å²) in [5, 5.41) is 2.73. The second-order valence-corrected chi connectivity index (χ2v) is 5.54. The first-order valence-corrected chi connectivity index (χ1v) is 7.28. The molecule has 2 heterocycles. The van der Waals surface area contributed by atoms with Gasteiger partial charge in [-0.15, -0.1) is 0 Å². The summed E-state index contributed by atoms with van der Waals surface area (Å²) in [5.41, 5.74) is 1.91. The molecule has 0 bridgehead atoms. The minimum absolute atomic E-state index is 0.354. The molecule has 0 spiro atoms. The summed E-state index contributed by atoms with van der Waals surface area (Å²) in [4.78, 5) is 30.4. The predicted octanol–water partition coefficient (Wildman–Crippen LogP) is 1.87. The Morgan fingerprint density at radius 2 is 2.04 bits per heavy atom. The minimum Gasteiger partial charge on any atom is -0.448 e. The quantitative estimate of drug-likeness (QED) is 0.876. The third-order valence-corrected chi connectivity index (χ3v) is 3.66. The molecule has 1 N–H and O–H groups in total. The Balaban J connectivity index is 1.71. The number of nitrogens with one attached hydrogen (secondary N) is 1. The van der Waals surface area contributed by atoms with E-state index in [-0.39, 0.29) is 5.91 Å². The summed E-state index contributed by atoms with van der Waals surface area (Å²) in [6, 6.07) is 10.7. The molecule has 23 heavy (non-hydrogen) atoms. The Morgan fingerprint density at radius 1 is 1.26 bits per heavy atom. The van der Waals surface area contributed by atoms with Crippen LogP contribution in [0, 0.1) is 0 Å². The van der Waals surface area contributed by atoms with Gasteiger partial charge < -0.3 is 15.0 Å². The normalized spacial score (nSPS) is 16.3. The van der Waals surface area contributed by atoms with Gasteiger partial charge in [-0.05, 0) is 23.8 Å². The van der Waals surface area contributed by atoms with Crippen LogP contribution in [0.5, 0.6) is 0 Å². The highest BCUT2D eigenvalue weighted by Gasteiger charge is 2.31. The molecule has 1 atom stereocenters. The van der Waals surface area contributed by atoms with Crippen LogP contribution in [0.3, 0.4) is 0 Å². The van der Waals surface area contributed by atoms with Gasteiger partial charge >= 0.3 is 5.97 Å². The Kier molecular flexibility index (Phi) is 3.97. The van der Waals surface area contributed by atoms with Crippen molar-refractivity contribution in [2.75, 3.05) is 24.3 Å². The van der Waals surface area contributed by atoms with E-state index < -0.39 is 12.1 Å². The van der Waals surface area contributed by atoms with Crippen molar-refractivity contribution < 1.29 is 14.3 Å². The fraction of sp³-hybridized carbons (Fsp3) is 0.235. The van der Waals surface area contributed by atoms with Crippen molar-refractivity contribution in [1.29, 1.82) is 0 Å². The number of esters is 1. The van der Waals surface area contributed by atoms with E-state index in [9.17, 15) is 9.59 Å². The van der Waals surface area contributed by atoms with E-state index in [4.69, 9.17) is 4.74 Å². The number of anilines is 2.